The third-order valence-corrected chi connectivity index (χ3v) is 6.56. The molecule has 0 aromatic carbocycles. The van der Waals surface area contributed by atoms with Gasteiger partial charge in [-0.15, -0.1) is 0 Å². The normalized spacial score (nSPS) is 19.7. The molecular formula is C22H24N8O. The maximum atomic E-state index is 9.32. The molecule has 2 fully saturated rings. The van der Waals surface area contributed by atoms with Crippen molar-refractivity contribution in [3.05, 3.63) is 35.9 Å². The molecule has 2 aliphatic heterocycles. The standard InChI is InChI=1S/C22H24N8O/c1-15-20(16-6-21(31-2)22-17(7-23)8-25-29(22)10-16)9-26-30(15)19-12-28(13-19)18-4-3-5-27(11-18)14-24/h6,8-10,18-19H,3-5,11-13H2,1-2H3/t18-/m1/s1. The van der Waals surface area contributed by atoms with Crippen molar-refractivity contribution < 1.29 is 4.74 Å². The second-order valence-electron chi connectivity index (χ2n) is 8.30. The molecule has 0 amide bonds. The molecule has 158 valence electrons. The second-order valence-corrected chi connectivity index (χ2v) is 8.30. The molecule has 3 aromatic heterocycles. The molecule has 3 aromatic rings. The summed E-state index contributed by atoms with van der Waals surface area (Å²) in [6.07, 6.45) is 9.89. The molecule has 5 heterocycles. The number of rotatable bonds is 4. The van der Waals surface area contributed by atoms with Crippen molar-refractivity contribution in [2.75, 3.05) is 33.3 Å². The summed E-state index contributed by atoms with van der Waals surface area (Å²) in [5.41, 5.74) is 4.24. The van der Waals surface area contributed by atoms with Crippen molar-refractivity contribution in [1.82, 2.24) is 29.2 Å². The van der Waals surface area contributed by atoms with Gasteiger partial charge in [-0.25, -0.2) is 4.52 Å². The fourth-order valence-corrected chi connectivity index (χ4v) is 4.83. The van der Waals surface area contributed by atoms with Crippen molar-refractivity contribution in [3.63, 3.8) is 0 Å². The number of hydrogen-bond donors (Lipinski definition) is 0. The van der Waals surface area contributed by atoms with Crippen molar-refractivity contribution in [2.24, 2.45) is 0 Å². The van der Waals surface area contributed by atoms with E-state index in [1.807, 2.05) is 23.4 Å². The molecule has 2 saturated heterocycles. The van der Waals surface area contributed by atoms with Gasteiger partial charge in [-0.3, -0.25) is 9.58 Å². The third kappa shape index (κ3) is 3.18. The third-order valence-electron chi connectivity index (χ3n) is 6.56. The van der Waals surface area contributed by atoms with Crippen LogP contribution in [-0.2, 0) is 0 Å². The summed E-state index contributed by atoms with van der Waals surface area (Å²) in [6, 6.07) is 4.90. The number of nitriles is 2. The molecule has 2 aliphatic rings. The Hall–Kier alpha value is -3.56. The highest BCUT2D eigenvalue weighted by Gasteiger charge is 2.36. The Kier molecular flexibility index (Phi) is 4.76. The summed E-state index contributed by atoms with van der Waals surface area (Å²) >= 11 is 0. The molecule has 0 aliphatic carbocycles. The average molecular weight is 416 g/mol. The smallest absolute Gasteiger partial charge is 0.179 e. The highest BCUT2D eigenvalue weighted by Crippen LogP contribution is 2.34. The summed E-state index contributed by atoms with van der Waals surface area (Å²) < 4.78 is 9.34. The lowest BCUT2D eigenvalue weighted by molar-refractivity contribution is 0.0243. The first-order valence-electron chi connectivity index (χ1n) is 10.5. The number of hydrogen-bond acceptors (Lipinski definition) is 7. The summed E-state index contributed by atoms with van der Waals surface area (Å²) in [6.45, 7) is 5.72. The van der Waals surface area contributed by atoms with Gasteiger partial charge < -0.3 is 9.64 Å². The van der Waals surface area contributed by atoms with Gasteiger partial charge in [0.2, 0.25) is 0 Å². The van der Waals surface area contributed by atoms with E-state index in [0.29, 0.717) is 28.9 Å². The maximum absolute atomic E-state index is 9.32. The number of likely N-dealkylation sites (tertiary alicyclic amines) is 2. The SMILES string of the molecule is COc1cc(-c2cnn(C3CN([C@@H]4CCCN(C#N)C4)C3)c2C)cn2ncc(C#N)c12. The van der Waals surface area contributed by atoms with Crippen LogP contribution >= 0.6 is 0 Å². The van der Waals surface area contributed by atoms with Gasteiger partial charge in [0.1, 0.15) is 22.9 Å². The van der Waals surface area contributed by atoms with Crippen LogP contribution < -0.4 is 4.74 Å². The predicted octanol–water partition coefficient (Wildman–Crippen LogP) is 2.19. The summed E-state index contributed by atoms with van der Waals surface area (Å²) in [4.78, 5) is 4.34. The van der Waals surface area contributed by atoms with Crippen molar-refractivity contribution in [3.8, 4) is 29.1 Å². The van der Waals surface area contributed by atoms with E-state index in [-0.39, 0.29) is 0 Å². The van der Waals surface area contributed by atoms with E-state index in [1.54, 1.807) is 17.8 Å². The van der Waals surface area contributed by atoms with Crippen molar-refractivity contribution in [2.45, 2.75) is 31.8 Å². The molecule has 0 N–H and O–H groups in total. The minimum absolute atomic E-state index is 0.340. The van der Waals surface area contributed by atoms with E-state index >= 15 is 0 Å². The Bertz CT molecular complexity index is 1210. The molecule has 0 radical (unpaired) electrons. The number of fused-ring (bicyclic) bond motifs is 1. The minimum atomic E-state index is 0.340. The highest BCUT2D eigenvalue weighted by molar-refractivity contribution is 5.75. The molecule has 0 spiro atoms. The lowest BCUT2D eigenvalue weighted by Gasteiger charge is -2.47. The molecule has 0 saturated carbocycles. The van der Waals surface area contributed by atoms with Gasteiger partial charge in [0.25, 0.3) is 0 Å². The van der Waals surface area contributed by atoms with E-state index in [1.165, 1.54) is 0 Å². The van der Waals surface area contributed by atoms with Gasteiger partial charge in [-0.1, -0.05) is 0 Å². The zero-order chi connectivity index (χ0) is 21.5. The topological polar surface area (TPSA) is 98.4 Å². The number of pyridine rings is 1. The van der Waals surface area contributed by atoms with E-state index in [9.17, 15) is 10.5 Å². The zero-order valence-corrected chi connectivity index (χ0v) is 17.7. The Morgan fingerprint density at radius 3 is 2.71 bits per heavy atom. The van der Waals surface area contributed by atoms with Crippen LogP contribution in [0.2, 0.25) is 0 Å². The maximum Gasteiger partial charge on any atom is 0.179 e. The number of nitrogens with zero attached hydrogens (tertiary/aromatic N) is 8. The molecular weight excluding hydrogens is 392 g/mol. The van der Waals surface area contributed by atoms with Crippen LogP contribution in [0.4, 0.5) is 0 Å². The molecule has 5 rings (SSSR count). The lowest BCUT2D eigenvalue weighted by atomic mass is 9.98. The van der Waals surface area contributed by atoms with Gasteiger partial charge in [0.15, 0.2) is 6.19 Å². The van der Waals surface area contributed by atoms with E-state index < -0.39 is 0 Å². The Labute approximate surface area is 180 Å². The quantitative estimate of drug-likeness (QED) is 0.601. The Morgan fingerprint density at radius 2 is 1.97 bits per heavy atom. The van der Waals surface area contributed by atoms with Gasteiger partial charge in [-0.05, 0) is 25.8 Å². The van der Waals surface area contributed by atoms with Crippen molar-refractivity contribution in [1.29, 1.82) is 10.5 Å². The first kappa shape index (κ1) is 19.4. The van der Waals surface area contributed by atoms with Gasteiger partial charge in [0.05, 0.1) is 25.5 Å². The van der Waals surface area contributed by atoms with Crippen LogP contribution in [0.3, 0.4) is 0 Å². The Balaban J connectivity index is 1.37. The molecule has 31 heavy (non-hydrogen) atoms. The number of ether oxygens (including phenoxy) is 1. The first-order chi connectivity index (χ1) is 15.1. The monoisotopic (exact) mass is 416 g/mol. The summed E-state index contributed by atoms with van der Waals surface area (Å²) in [5, 5.41) is 27.5. The van der Waals surface area contributed by atoms with E-state index in [4.69, 9.17) is 4.74 Å². The summed E-state index contributed by atoms with van der Waals surface area (Å²) in [7, 11) is 1.60. The largest absolute Gasteiger partial charge is 0.494 e. The number of aromatic nitrogens is 4. The van der Waals surface area contributed by atoms with Gasteiger partial charge in [0, 0.05) is 55.2 Å². The van der Waals surface area contributed by atoms with Gasteiger partial charge in [-0.2, -0.15) is 20.7 Å². The molecule has 9 heteroatoms. The number of methoxy groups -OCH3 is 1. The van der Waals surface area contributed by atoms with Crippen LogP contribution in [0.25, 0.3) is 16.6 Å². The zero-order valence-electron chi connectivity index (χ0n) is 17.7. The van der Waals surface area contributed by atoms with Crippen LogP contribution in [0.15, 0.2) is 24.7 Å². The minimum Gasteiger partial charge on any atom is -0.494 e. The number of piperidine rings is 1. The lowest BCUT2D eigenvalue weighted by Crippen LogP contribution is -2.57. The summed E-state index contributed by atoms with van der Waals surface area (Å²) in [5.74, 6) is 0.618. The molecule has 0 bridgehead atoms. The average Bonchev–Trinajstić information content (AvgIpc) is 3.36. The van der Waals surface area contributed by atoms with E-state index in [0.717, 1.165) is 55.8 Å². The first-order valence-corrected chi connectivity index (χ1v) is 10.5. The highest BCUT2D eigenvalue weighted by atomic mass is 16.5. The predicted molar refractivity (Wildman–Crippen MR) is 113 cm³/mol. The molecule has 9 nitrogen and oxygen atoms in total. The second kappa shape index (κ2) is 7.60. The Morgan fingerprint density at radius 1 is 1.13 bits per heavy atom. The van der Waals surface area contributed by atoms with Gasteiger partial charge >= 0.3 is 0 Å². The van der Waals surface area contributed by atoms with Crippen LogP contribution in [0.5, 0.6) is 5.75 Å². The van der Waals surface area contributed by atoms with Crippen molar-refractivity contribution >= 4 is 5.52 Å². The fraction of sp³-hybridized carbons (Fsp3) is 0.455. The van der Waals surface area contributed by atoms with Crippen LogP contribution in [-0.4, -0.2) is 68.5 Å². The molecule has 0 unspecified atom stereocenters. The molecule has 1 atom stereocenters. The van der Waals surface area contributed by atoms with Crippen LogP contribution in [0, 0.1) is 29.7 Å². The van der Waals surface area contributed by atoms with E-state index in [2.05, 4.69) is 39.0 Å². The fourth-order valence-electron chi connectivity index (χ4n) is 4.83. The van der Waals surface area contributed by atoms with Crippen LogP contribution in [0.1, 0.15) is 30.1 Å².